The largest absolute Gasteiger partial charge is 0.325 e. The van der Waals surface area contributed by atoms with Crippen LogP contribution >= 0.6 is 0 Å². The number of carbonyl (C=O) groups excluding carboxylic acids is 2. The van der Waals surface area contributed by atoms with E-state index in [2.05, 4.69) is 10.6 Å². The van der Waals surface area contributed by atoms with Gasteiger partial charge < -0.3 is 10.6 Å². The number of nitro benzene ring substituents is 1. The van der Waals surface area contributed by atoms with Gasteiger partial charge in [0, 0.05) is 17.8 Å². The highest BCUT2D eigenvalue weighted by Crippen LogP contribution is 2.21. The second-order valence-electron chi connectivity index (χ2n) is 6.88. The molecule has 8 heteroatoms. The van der Waals surface area contributed by atoms with Gasteiger partial charge in [0.25, 0.3) is 5.69 Å². The number of carbonyl (C=O) groups is 2. The monoisotopic (exact) mass is 398 g/mol. The molecule has 0 aromatic heterocycles. The molecule has 0 unspecified atom stereocenters. The quantitative estimate of drug-likeness (QED) is 0.497. The van der Waals surface area contributed by atoms with E-state index in [4.69, 9.17) is 0 Å². The predicted molar refractivity (Wildman–Crippen MR) is 113 cm³/mol. The molecule has 2 rings (SSSR count). The Morgan fingerprint density at radius 3 is 2.14 bits per heavy atom. The van der Waals surface area contributed by atoms with Crippen LogP contribution in [-0.4, -0.2) is 41.3 Å². The molecule has 2 N–H and O–H groups in total. The van der Waals surface area contributed by atoms with Crippen molar-refractivity contribution in [1.29, 1.82) is 0 Å². The van der Waals surface area contributed by atoms with Crippen LogP contribution in [0.3, 0.4) is 0 Å². The van der Waals surface area contributed by atoms with E-state index in [9.17, 15) is 19.7 Å². The zero-order valence-electron chi connectivity index (χ0n) is 16.9. The van der Waals surface area contributed by atoms with Gasteiger partial charge >= 0.3 is 0 Å². The second kappa shape index (κ2) is 10.3. The Bertz CT molecular complexity index is 898. The molecule has 0 aliphatic rings. The summed E-state index contributed by atoms with van der Waals surface area (Å²) in [6.07, 6.45) is 0.779. The maximum absolute atomic E-state index is 12.5. The number of anilines is 2. The SMILES string of the molecule is CCCN(CC(=O)Nc1ccccc1C)CC(=O)Nc1cc([N+](=O)[O-])ccc1C. The third-order valence-corrected chi connectivity index (χ3v) is 4.40. The summed E-state index contributed by atoms with van der Waals surface area (Å²) in [5.41, 5.74) is 2.73. The van der Waals surface area contributed by atoms with E-state index in [0.29, 0.717) is 12.2 Å². The summed E-state index contributed by atoms with van der Waals surface area (Å²) in [6, 6.07) is 11.8. The van der Waals surface area contributed by atoms with Crippen molar-refractivity contribution in [2.75, 3.05) is 30.3 Å². The van der Waals surface area contributed by atoms with Crippen molar-refractivity contribution in [3.8, 4) is 0 Å². The Hall–Kier alpha value is -3.26. The Balaban J connectivity index is 2.00. The standard InChI is InChI=1S/C21H26N4O4/c1-4-11-24(13-20(26)22-18-8-6-5-7-15(18)2)14-21(27)23-19-12-17(25(28)29)10-9-16(19)3/h5-10,12H,4,11,13-14H2,1-3H3,(H,22,26)(H,23,27). The molecule has 2 amide bonds. The van der Waals surface area contributed by atoms with Gasteiger partial charge in [-0.05, 0) is 44.0 Å². The van der Waals surface area contributed by atoms with Crippen molar-refractivity contribution >= 4 is 28.9 Å². The molecule has 0 bridgehead atoms. The number of hydrogen-bond donors (Lipinski definition) is 2. The molecule has 154 valence electrons. The summed E-state index contributed by atoms with van der Waals surface area (Å²) >= 11 is 0. The third kappa shape index (κ3) is 6.69. The van der Waals surface area contributed by atoms with E-state index in [-0.39, 0.29) is 30.6 Å². The van der Waals surface area contributed by atoms with Crippen molar-refractivity contribution in [3.05, 3.63) is 63.7 Å². The average Bonchev–Trinajstić information content (AvgIpc) is 2.65. The molecule has 0 aliphatic carbocycles. The van der Waals surface area contributed by atoms with Crippen LogP contribution in [0.5, 0.6) is 0 Å². The molecular weight excluding hydrogens is 372 g/mol. The zero-order valence-corrected chi connectivity index (χ0v) is 16.9. The molecule has 0 aliphatic heterocycles. The summed E-state index contributed by atoms with van der Waals surface area (Å²) in [5, 5.41) is 16.5. The van der Waals surface area contributed by atoms with Gasteiger partial charge in [-0.2, -0.15) is 0 Å². The number of aryl methyl sites for hydroxylation is 2. The van der Waals surface area contributed by atoms with Gasteiger partial charge in [-0.15, -0.1) is 0 Å². The van der Waals surface area contributed by atoms with Crippen LogP contribution in [0, 0.1) is 24.0 Å². The summed E-state index contributed by atoms with van der Waals surface area (Å²) in [5.74, 6) is -0.530. The second-order valence-corrected chi connectivity index (χ2v) is 6.88. The molecule has 0 fully saturated rings. The van der Waals surface area contributed by atoms with Gasteiger partial charge in [-0.3, -0.25) is 24.6 Å². The molecule has 0 spiro atoms. The molecule has 0 atom stereocenters. The number of hydrogen-bond acceptors (Lipinski definition) is 5. The molecule has 0 radical (unpaired) electrons. The summed E-state index contributed by atoms with van der Waals surface area (Å²) in [7, 11) is 0. The van der Waals surface area contributed by atoms with Gasteiger partial charge in [-0.1, -0.05) is 31.2 Å². The molecule has 0 saturated carbocycles. The van der Waals surface area contributed by atoms with Crippen LogP contribution in [0.4, 0.5) is 17.1 Å². The van der Waals surface area contributed by atoms with E-state index in [1.807, 2.05) is 38.1 Å². The van der Waals surface area contributed by atoms with Crippen molar-refractivity contribution in [3.63, 3.8) is 0 Å². The fourth-order valence-electron chi connectivity index (χ4n) is 2.89. The molecule has 0 heterocycles. The maximum atomic E-state index is 12.5. The lowest BCUT2D eigenvalue weighted by Crippen LogP contribution is -2.39. The van der Waals surface area contributed by atoms with Crippen LogP contribution in [-0.2, 0) is 9.59 Å². The lowest BCUT2D eigenvalue weighted by molar-refractivity contribution is -0.384. The number of nitrogens with one attached hydrogen (secondary N) is 2. The predicted octanol–water partition coefficient (Wildman–Crippen LogP) is 3.50. The van der Waals surface area contributed by atoms with Crippen molar-refractivity contribution in [1.82, 2.24) is 4.90 Å². The Morgan fingerprint density at radius 2 is 1.55 bits per heavy atom. The number of non-ortho nitro benzene ring substituents is 1. The van der Waals surface area contributed by atoms with E-state index in [0.717, 1.165) is 23.2 Å². The van der Waals surface area contributed by atoms with E-state index >= 15 is 0 Å². The normalized spacial score (nSPS) is 10.6. The minimum atomic E-state index is -0.506. The Morgan fingerprint density at radius 1 is 0.966 bits per heavy atom. The number of amides is 2. The van der Waals surface area contributed by atoms with Gasteiger partial charge in [0.1, 0.15) is 0 Å². The van der Waals surface area contributed by atoms with Gasteiger partial charge in [-0.25, -0.2) is 0 Å². The van der Waals surface area contributed by atoms with Crippen LogP contribution in [0.1, 0.15) is 24.5 Å². The first kappa shape index (κ1) is 22.0. The maximum Gasteiger partial charge on any atom is 0.271 e. The van der Waals surface area contributed by atoms with Crippen molar-refractivity contribution in [2.45, 2.75) is 27.2 Å². The minimum absolute atomic E-state index is 0.0111. The van der Waals surface area contributed by atoms with Gasteiger partial charge in [0.05, 0.1) is 23.7 Å². The Kier molecular flexibility index (Phi) is 7.85. The van der Waals surface area contributed by atoms with Crippen LogP contribution in [0.15, 0.2) is 42.5 Å². The van der Waals surface area contributed by atoms with Crippen LogP contribution in [0.2, 0.25) is 0 Å². The van der Waals surface area contributed by atoms with E-state index < -0.39 is 4.92 Å². The molecule has 2 aromatic carbocycles. The van der Waals surface area contributed by atoms with Gasteiger partial charge in [0.2, 0.25) is 11.8 Å². The lowest BCUT2D eigenvalue weighted by atomic mass is 10.2. The fraction of sp³-hybridized carbons (Fsp3) is 0.333. The average molecular weight is 398 g/mol. The number of nitro groups is 1. The van der Waals surface area contributed by atoms with Crippen molar-refractivity contribution < 1.29 is 14.5 Å². The van der Waals surface area contributed by atoms with Crippen LogP contribution < -0.4 is 10.6 Å². The topological polar surface area (TPSA) is 105 Å². The summed E-state index contributed by atoms with van der Waals surface area (Å²) < 4.78 is 0. The first-order valence-electron chi connectivity index (χ1n) is 9.43. The molecular formula is C21H26N4O4. The van der Waals surface area contributed by atoms with Gasteiger partial charge in [0.15, 0.2) is 0 Å². The lowest BCUT2D eigenvalue weighted by Gasteiger charge is -2.21. The van der Waals surface area contributed by atoms with Crippen molar-refractivity contribution in [2.24, 2.45) is 0 Å². The first-order chi connectivity index (χ1) is 13.8. The summed E-state index contributed by atoms with van der Waals surface area (Å²) in [6.45, 7) is 6.30. The molecule has 2 aromatic rings. The number of nitrogens with zero attached hydrogens (tertiary/aromatic N) is 2. The van der Waals surface area contributed by atoms with E-state index in [1.165, 1.54) is 12.1 Å². The van der Waals surface area contributed by atoms with Crippen LogP contribution in [0.25, 0.3) is 0 Å². The van der Waals surface area contributed by atoms with E-state index in [1.54, 1.807) is 17.9 Å². The molecule has 29 heavy (non-hydrogen) atoms. The highest BCUT2D eigenvalue weighted by atomic mass is 16.6. The zero-order chi connectivity index (χ0) is 21.4. The highest BCUT2D eigenvalue weighted by molar-refractivity contribution is 5.95. The molecule has 8 nitrogen and oxygen atoms in total. The number of rotatable bonds is 9. The highest BCUT2D eigenvalue weighted by Gasteiger charge is 2.16. The summed E-state index contributed by atoms with van der Waals surface area (Å²) in [4.78, 5) is 37.1. The third-order valence-electron chi connectivity index (χ3n) is 4.40. The smallest absolute Gasteiger partial charge is 0.271 e. The molecule has 0 saturated heterocycles. The number of para-hydroxylation sites is 1. The fourth-order valence-corrected chi connectivity index (χ4v) is 2.89. The Labute approximate surface area is 170 Å². The number of benzene rings is 2. The minimum Gasteiger partial charge on any atom is -0.325 e. The first-order valence-corrected chi connectivity index (χ1v) is 9.43.